The van der Waals surface area contributed by atoms with Gasteiger partial charge in [-0.05, 0) is 47.1 Å². The van der Waals surface area contributed by atoms with Crippen LogP contribution in [0.15, 0.2) is 79.0 Å². The van der Waals surface area contributed by atoms with E-state index in [4.69, 9.17) is 9.90 Å². The smallest absolute Gasteiger partial charge is 0.481 e. The highest BCUT2D eigenvalue weighted by molar-refractivity contribution is 5.89. The Morgan fingerprint density at radius 3 is 1.91 bits per heavy atom. The minimum atomic E-state index is -5.08. The summed E-state index contributed by atoms with van der Waals surface area (Å²) in [7, 11) is 0. The van der Waals surface area contributed by atoms with Gasteiger partial charge < -0.3 is 26.2 Å². The first-order valence-electron chi connectivity index (χ1n) is 14.5. The molecule has 0 aliphatic rings. The Morgan fingerprint density at radius 1 is 0.804 bits per heavy atom. The van der Waals surface area contributed by atoms with Gasteiger partial charge in [-0.2, -0.15) is 13.2 Å². The van der Waals surface area contributed by atoms with E-state index in [0.29, 0.717) is 18.5 Å². The van der Waals surface area contributed by atoms with Crippen LogP contribution < -0.4 is 16.0 Å². The van der Waals surface area contributed by atoms with Gasteiger partial charge in [-0.25, -0.2) is 9.78 Å². The number of aromatic nitrogens is 1. The van der Waals surface area contributed by atoms with Crippen molar-refractivity contribution >= 4 is 29.6 Å². The zero-order chi connectivity index (χ0) is 34.3. The SMILES string of the molecule is CC(C)(C)[C@@H](NC(=O)CCCCNc1ccccn1)C(=O)NC(CC(=O)O)c1ccc(-c2ccccc2)cc1.O=C(O)C(F)(F)F. The van der Waals surface area contributed by atoms with Crippen molar-refractivity contribution < 1.29 is 42.6 Å². The maximum absolute atomic E-state index is 13.4. The largest absolute Gasteiger partial charge is 0.490 e. The van der Waals surface area contributed by atoms with Crippen molar-refractivity contribution in [2.24, 2.45) is 5.41 Å². The molecule has 0 spiro atoms. The third-order valence-corrected chi connectivity index (χ3v) is 6.59. The van der Waals surface area contributed by atoms with Crippen LogP contribution in [0.4, 0.5) is 19.0 Å². The molecule has 0 saturated carbocycles. The van der Waals surface area contributed by atoms with E-state index in [0.717, 1.165) is 23.4 Å². The van der Waals surface area contributed by atoms with Gasteiger partial charge in [0.25, 0.3) is 0 Å². The van der Waals surface area contributed by atoms with E-state index in [9.17, 15) is 32.7 Å². The van der Waals surface area contributed by atoms with Crippen molar-refractivity contribution in [2.45, 2.75) is 64.7 Å². The van der Waals surface area contributed by atoms with E-state index < -0.39 is 41.5 Å². The van der Waals surface area contributed by atoms with Crippen molar-refractivity contribution in [1.29, 1.82) is 0 Å². The number of carbonyl (C=O) groups is 4. The molecule has 0 radical (unpaired) electrons. The first-order valence-corrected chi connectivity index (χ1v) is 14.5. The number of nitrogens with zero attached hydrogens (tertiary/aromatic N) is 1. The number of carboxylic acids is 2. The zero-order valence-corrected chi connectivity index (χ0v) is 25.8. The topological polar surface area (TPSA) is 158 Å². The summed E-state index contributed by atoms with van der Waals surface area (Å²) in [5.41, 5.74) is 2.15. The molecule has 2 amide bonds. The molecule has 1 aromatic heterocycles. The average molecular weight is 645 g/mol. The molecular formula is C33H39F3N4O6. The quantitative estimate of drug-likeness (QED) is 0.146. The summed E-state index contributed by atoms with van der Waals surface area (Å²) in [5.74, 6) is -3.62. The van der Waals surface area contributed by atoms with Crippen LogP contribution in [0.2, 0.25) is 0 Å². The summed E-state index contributed by atoms with van der Waals surface area (Å²) in [6.45, 7) is 6.30. The second-order valence-corrected chi connectivity index (χ2v) is 11.4. The normalized spacial score (nSPS) is 12.5. The lowest BCUT2D eigenvalue weighted by Gasteiger charge is -2.32. The van der Waals surface area contributed by atoms with Crippen LogP contribution in [0.1, 0.15) is 58.1 Å². The predicted octanol–water partition coefficient (Wildman–Crippen LogP) is 5.83. The zero-order valence-electron chi connectivity index (χ0n) is 25.8. The van der Waals surface area contributed by atoms with E-state index in [1.54, 1.807) is 6.20 Å². The maximum Gasteiger partial charge on any atom is 0.490 e. The minimum Gasteiger partial charge on any atom is -0.481 e. The molecule has 0 aliphatic heterocycles. The standard InChI is InChI=1S/C31H38N4O4.C2HF3O2/c1-31(2,3)29(35-27(36)14-8-10-20-33-26-13-7-9-19-32-26)30(39)34-25(21-28(37)38)24-17-15-23(16-18-24)22-11-5-4-6-12-22;3-2(4,5)1(6)7/h4-7,9,11-13,15-19,25,29H,8,10,14,20-21H2,1-3H3,(H,32,33)(H,34,39)(H,35,36)(H,37,38);(H,6,7)/t25?,29-;/m0./s1. The molecule has 1 unspecified atom stereocenters. The van der Waals surface area contributed by atoms with Crippen molar-refractivity contribution in [3.63, 3.8) is 0 Å². The number of amides is 2. The highest BCUT2D eigenvalue weighted by atomic mass is 19.4. The van der Waals surface area contributed by atoms with E-state index >= 15 is 0 Å². The second kappa shape index (κ2) is 17.5. The lowest BCUT2D eigenvalue weighted by atomic mass is 9.85. The van der Waals surface area contributed by atoms with Gasteiger partial charge in [0.15, 0.2) is 0 Å². The Morgan fingerprint density at radius 2 is 1.39 bits per heavy atom. The highest BCUT2D eigenvalue weighted by Crippen LogP contribution is 2.25. The molecule has 5 N–H and O–H groups in total. The van der Waals surface area contributed by atoms with Crippen molar-refractivity contribution in [3.05, 3.63) is 84.6 Å². The molecule has 2 aromatic carbocycles. The van der Waals surface area contributed by atoms with Gasteiger partial charge in [-0.1, -0.05) is 81.4 Å². The van der Waals surface area contributed by atoms with E-state index in [1.807, 2.05) is 93.6 Å². The third kappa shape index (κ3) is 13.4. The molecule has 248 valence electrons. The van der Waals surface area contributed by atoms with Crippen molar-refractivity contribution in [2.75, 3.05) is 11.9 Å². The van der Waals surface area contributed by atoms with Gasteiger partial charge in [0.05, 0.1) is 12.5 Å². The first kappa shape index (κ1) is 37.2. The Bertz CT molecular complexity index is 1410. The van der Waals surface area contributed by atoms with Gasteiger partial charge in [-0.3, -0.25) is 14.4 Å². The number of benzene rings is 2. The van der Waals surface area contributed by atoms with Crippen LogP contribution in [0.3, 0.4) is 0 Å². The maximum atomic E-state index is 13.4. The number of pyridine rings is 1. The molecule has 0 saturated heterocycles. The number of carbonyl (C=O) groups excluding carboxylic acids is 2. The van der Waals surface area contributed by atoms with Crippen molar-refractivity contribution in [1.82, 2.24) is 15.6 Å². The number of alkyl halides is 3. The summed E-state index contributed by atoms with van der Waals surface area (Å²) >= 11 is 0. The number of halogens is 3. The molecule has 3 aromatic rings. The summed E-state index contributed by atoms with van der Waals surface area (Å²) in [6, 6.07) is 21.4. The molecule has 3 rings (SSSR count). The van der Waals surface area contributed by atoms with Gasteiger partial charge in [0, 0.05) is 19.2 Å². The third-order valence-electron chi connectivity index (χ3n) is 6.59. The van der Waals surface area contributed by atoms with Crippen LogP contribution in [0.25, 0.3) is 11.1 Å². The predicted molar refractivity (Wildman–Crippen MR) is 167 cm³/mol. The van der Waals surface area contributed by atoms with Crippen molar-refractivity contribution in [3.8, 4) is 11.1 Å². The molecule has 2 atom stereocenters. The fourth-order valence-corrected chi connectivity index (χ4v) is 4.22. The molecule has 0 bridgehead atoms. The number of hydrogen-bond acceptors (Lipinski definition) is 6. The van der Waals surface area contributed by atoms with Gasteiger partial charge >= 0.3 is 18.1 Å². The molecular weight excluding hydrogens is 605 g/mol. The molecule has 1 heterocycles. The monoisotopic (exact) mass is 644 g/mol. The molecule has 10 nitrogen and oxygen atoms in total. The molecule has 13 heteroatoms. The van der Waals surface area contributed by atoms with Gasteiger partial charge in [-0.15, -0.1) is 0 Å². The molecule has 0 aliphatic carbocycles. The highest BCUT2D eigenvalue weighted by Gasteiger charge is 2.38. The first-order chi connectivity index (χ1) is 21.6. The lowest BCUT2D eigenvalue weighted by Crippen LogP contribution is -2.54. The lowest BCUT2D eigenvalue weighted by molar-refractivity contribution is -0.192. The van der Waals surface area contributed by atoms with E-state index in [1.165, 1.54) is 0 Å². The average Bonchev–Trinajstić information content (AvgIpc) is 2.99. The minimum absolute atomic E-state index is 0.218. The number of hydrogen-bond donors (Lipinski definition) is 5. The Kier molecular flexibility index (Phi) is 14.2. The fraction of sp³-hybridized carbons (Fsp3) is 0.364. The number of rotatable bonds is 13. The van der Waals surface area contributed by atoms with Crippen LogP contribution in [-0.4, -0.2) is 57.7 Å². The number of anilines is 1. The van der Waals surface area contributed by atoms with Crippen LogP contribution in [0, 0.1) is 5.41 Å². The number of aliphatic carboxylic acids is 2. The summed E-state index contributed by atoms with van der Waals surface area (Å²) < 4.78 is 31.7. The summed E-state index contributed by atoms with van der Waals surface area (Å²) in [4.78, 5) is 50.8. The van der Waals surface area contributed by atoms with Gasteiger partial charge in [0.1, 0.15) is 11.9 Å². The Balaban J connectivity index is 0.000000942. The Labute approximate surface area is 265 Å². The molecule has 46 heavy (non-hydrogen) atoms. The number of nitrogens with one attached hydrogen (secondary N) is 3. The fourth-order valence-electron chi connectivity index (χ4n) is 4.22. The van der Waals surface area contributed by atoms with Crippen LogP contribution in [0.5, 0.6) is 0 Å². The van der Waals surface area contributed by atoms with E-state index in [2.05, 4.69) is 20.9 Å². The van der Waals surface area contributed by atoms with Crippen LogP contribution in [-0.2, 0) is 19.2 Å². The summed E-state index contributed by atoms with van der Waals surface area (Å²) in [6.07, 6.45) is -1.93. The van der Waals surface area contributed by atoms with Crippen LogP contribution >= 0.6 is 0 Å². The Hall–Kier alpha value is -4.94. The second-order valence-electron chi connectivity index (χ2n) is 11.4. The number of unbranched alkanes of at least 4 members (excludes halogenated alkanes) is 1. The number of carboxylic acid groups (broad SMARTS) is 2. The van der Waals surface area contributed by atoms with E-state index in [-0.39, 0.29) is 18.7 Å². The molecule has 0 fully saturated rings. The summed E-state index contributed by atoms with van der Waals surface area (Å²) in [5, 5.41) is 25.6. The van der Waals surface area contributed by atoms with Gasteiger partial charge in [0.2, 0.25) is 11.8 Å².